The van der Waals surface area contributed by atoms with Crippen LogP contribution in [0.2, 0.25) is 0 Å². The molecule has 0 saturated carbocycles. The van der Waals surface area contributed by atoms with Crippen LogP contribution in [0.4, 0.5) is 10.1 Å². The summed E-state index contributed by atoms with van der Waals surface area (Å²) in [4.78, 5) is 23.3. The van der Waals surface area contributed by atoms with Crippen LogP contribution in [0.15, 0.2) is 48.5 Å². The second kappa shape index (κ2) is 5.97. The van der Waals surface area contributed by atoms with Crippen molar-refractivity contribution in [2.45, 2.75) is 0 Å². The van der Waals surface area contributed by atoms with Crippen LogP contribution >= 0.6 is 0 Å². The Morgan fingerprint density at radius 2 is 1.85 bits per heavy atom. The highest BCUT2D eigenvalue weighted by Gasteiger charge is 2.12. The fourth-order valence-corrected chi connectivity index (χ4v) is 1.69. The number of hydrogen-bond acceptors (Lipinski definition) is 3. The van der Waals surface area contributed by atoms with Gasteiger partial charge in [0.05, 0.1) is 18.2 Å². The highest BCUT2D eigenvalue weighted by molar-refractivity contribution is 6.05. The third-order valence-electron chi connectivity index (χ3n) is 2.66. The number of carbonyl (C=O) groups excluding carboxylic acids is 2. The summed E-state index contributed by atoms with van der Waals surface area (Å²) in [6, 6.07) is 11.9. The molecule has 0 bridgehead atoms. The zero-order valence-corrected chi connectivity index (χ0v) is 10.7. The van der Waals surface area contributed by atoms with Crippen LogP contribution in [-0.4, -0.2) is 19.0 Å². The molecular formula is C15H12FNO3. The molecule has 5 heteroatoms. The molecule has 0 saturated heterocycles. The van der Waals surface area contributed by atoms with Crippen molar-refractivity contribution in [1.82, 2.24) is 0 Å². The van der Waals surface area contributed by atoms with Gasteiger partial charge in [0, 0.05) is 5.69 Å². The van der Waals surface area contributed by atoms with Crippen LogP contribution < -0.4 is 5.32 Å². The van der Waals surface area contributed by atoms with Crippen molar-refractivity contribution in [2.75, 3.05) is 12.4 Å². The Labute approximate surface area is 115 Å². The molecule has 20 heavy (non-hydrogen) atoms. The van der Waals surface area contributed by atoms with Gasteiger partial charge >= 0.3 is 5.97 Å². The Morgan fingerprint density at radius 1 is 1.10 bits per heavy atom. The van der Waals surface area contributed by atoms with Crippen LogP contribution in [0.1, 0.15) is 20.7 Å². The second-order valence-electron chi connectivity index (χ2n) is 4.01. The van der Waals surface area contributed by atoms with Crippen LogP contribution in [0.3, 0.4) is 0 Å². The molecule has 0 heterocycles. The average Bonchev–Trinajstić information content (AvgIpc) is 2.47. The van der Waals surface area contributed by atoms with E-state index in [1.54, 1.807) is 24.3 Å². The molecule has 2 aromatic rings. The fourth-order valence-electron chi connectivity index (χ4n) is 1.69. The van der Waals surface area contributed by atoms with Gasteiger partial charge in [-0.25, -0.2) is 9.18 Å². The summed E-state index contributed by atoms with van der Waals surface area (Å²) in [5.41, 5.74) is 0.635. The highest BCUT2D eigenvalue weighted by Crippen LogP contribution is 2.14. The SMILES string of the molecule is COC(=O)c1cccc(NC(=O)c2ccccc2F)c1. The molecule has 1 N–H and O–H groups in total. The third-order valence-corrected chi connectivity index (χ3v) is 2.66. The zero-order chi connectivity index (χ0) is 14.5. The number of anilines is 1. The van der Waals surface area contributed by atoms with E-state index >= 15 is 0 Å². The third kappa shape index (κ3) is 3.00. The summed E-state index contributed by atoms with van der Waals surface area (Å²) < 4.78 is 18.1. The first-order chi connectivity index (χ1) is 9.61. The minimum atomic E-state index is -0.603. The van der Waals surface area contributed by atoms with Gasteiger partial charge in [-0.3, -0.25) is 4.79 Å². The minimum absolute atomic E-state index is 0.0593. The van der Waals surface area contributed by atoms with Gasteiger partial charge in [0.2, 0.25) is 0 Å². The van der Waals surface area contributed by atoms with Gasteiger partial charge in [-0.2, -0.15) is 0 Å². The van der Waals surface area contributed by atoms with E-state index in [2.05, 4.69) is 10.1 Å². The predicted octanol–water partition coefficient (Wildman–Crippen LogP) is 2.86. The van der Waals surface area contributed by atoms with E-state index in [9.17, 15) is 14.0 Å². The predicted molar refractivity (Wildman–Crippen MR) is 72.1 cm³/mol. The lowest BCUT2D eigenvalue weighted by Gasteiger charge is -2.07. The van der Waals surface area contributed by atoms with Crippen molar-refractivity contribution in [1.29, 1.82) is 0 Å². The average molecular weight is 273 g/mol. The van der Waals surface area contributed by atoms with Crippen molar-refractivity contribution < 1.29 is 18.7 Å². The highest BCUT2D eigenvalue weighted by atomic mass is 19.1. The van der Waals surface area contributed by atoms with Gasteiger partial charge < -0.3 is 10.1 Å². The Hall–Kier alpha value is -2.69. The number of esters is 1. The van der Waals surface area contributed by atoms with Crippen LogP contribution in [0, 0.1) is 5.82 Å². The van der Waals surface area contributed by atoms with E-state index in [0.717, 1.165) is 0 Å². The van der Waals surface area contributed by atoms with Gasteiger partial charge in [-0.1, -0.05) is 18.2 Å². The summed E-state index contributed by atoms with van der Waals surface area (Å²) in [5, 5.41) is 2.53. The minimum Gasteiger partial charge on any atom is -0.465 e. The topological polar surface area (TPSA) is 55.4 Å². The van der Waals surface area contributed by atoms with Crippen molar-refractivity contribution >= 4 is 17.6 Å². The maximum Gasteiger partial charge on any atom is 0.337 e. The molecule has 4 nitrogen and oxygen atoms in total. The lowest BCUT2D eigenvalue weighted by Crippen LogP contribution is -2.14. The number of rotatable bonds is 3. The van der Waals surface area contributed by atoms with Crippen molar-refractivity contribution in [2.24, 2.45) is 0 Å². The van der Waals surface area contributed by atoms with E-state index in [1.165, 1.54) is 31.4 Å². The number of ether oxygens (including phenoxy) is 1. The van der Waals surface area contributed by atoms with Gasteiger partial charge in [0.1, 0.15) is 5.82 Å². The van der Waals surface area contributed by atoms with E-state index in [4.69, 9.17) is 0 Å². The van der Waals surface area contributed by atoms with Gasteiger partial charge in [0.25, 0.3) is 5.91 Å². The monoisotopic (exact) mass is 273 g/mol. The van der Waals surface area contributed by atoms with Crippen molar-refractivity contribution in [3.63, 3.8) is 0 Å². The van der Waals surface area contributed by atoms with Crippen LogP contribution in [0.5, 0.6) is 0 Å². The van der Waals surface area contributed by atoms with Gasteiger partial charge in [-0.05, 0) is 30.3 Å². The first-order valence-electron chi connectivity index (χ1n) is 5.86. The Bertz CT molecular complexity index is 655. The lowest BCUT2D eigenvalue weighted by atomic mass is 10.1. The van der Waals surface area contributed by atoms with Crippen LogP contribution in [-0.2, 0) is 4.74 Å². The first-order valence-corrected chi connectivity index (χ1v) is 5.86. The summed E-state index contributed by atoms with van der Waals surface area (Å²) in [7, 11) is 1.27. The lowest BCUT2D eigenvalue weighted by molar-refractivity contribution is 0.0600. The molecule has 1 amide bonds. The summed E-state index contributed by atoms with van der Waals surface area (Å²) >= 11 is 0. The van der Waals surface area contributed by atoms with Gasteiger partial charge in [-0.15, -0.1) is 0 Å². The second-order valence-corrected chi connectivity index (χ2v) is 4.01. The van der Waals surface area contributed by atoms with E-state index < -0.39 is 17.7 Å². The number of carbonyl (C=O) groups is 2. The first kappa shape index (κ1) is 13.7. The molecule has 0 aliphatic rings. The smallest absolute Gasteiger partial charge is 0.337 e. The normalized spacial score (nSPS) is 9.90. The molecule has 102 valence electrons. The zero-order valence-electron chi connectivity index (χ0n) is 10.7. The standard InChI is InChI=1S/C15H12FNO3/c1-20-15(19)10-5-4-6-11(9-10)17-14(18)12-7-2-3-8-13(12)16/h2-9H,1H3,(H,17,18). The molecule has 0 unspecified atom stereocenters. The number of halogens is 1. The van der Waals surface area contributed by atoms with E-state index in [1.807, 2.05) is 0 Å². The molecule has 0 radical (unpaired) electrons. The molecule has 0 aliphatic heterocycles. The van der Waals surface area contributed by atoms with Gasteiger partial charge in [0.15, 0.2) is 0 Å². The molecule has 0 aromatic heterocycles. The maximum atomic E-state index is 13.5. The van der Waals surface area contributed by atoms with Crippen LogP contribution in [0.25, 0.3) is 0 Å². The Kier molecular flexibility index (Phi) is 4.10. The maximum absolute atomic E-state index is 13.5. The van der Waals surface area contributed by atoms with E-state index in [-0.39, 0.29) is 5.56 Å². The molecule has 2 rings (SSSR count). The van der Waals surface area contributed by atoms with E-state index in [0.29, 0.717) is 11.3 Å². The summed E-state index contributed by atoms with van der Waals surface area (Å²) in [5.74, 6) is -1.69. The molecule has 0 aliphatic carbocycles. The van der Waals surface area contributed by atoms with Crippen molar-refractivity contribution in [3.05, 3.63) is 65.5 Å². The molecular weight excluding hydrogens is 261 g/mol. The molecule has 0 fully saturated rings. The fraction of sp³-hybridized carbons (Fsp3) is 0.0667. The summed E-state index contributed by atoms with van der Waals surface area (Å²) in [6.07, 6.45) is 0. The quantitative estimate of drug-likeness (QED) is 0.875. The Balaban J connectivity index is 2.20. The molecule has 0 atom stereocenters. The molecule has 2 aromatic carbocycles. The largest absolute Gasteiger partial charge is 0.465 e. The number of hydrogen-bond donors (Lipinski definition) is 1. The molecule has 0 spiro atoms. The van der Waals surface area contributed by atoms with Crippen molar-refractivity contribution in [3.8, 4) is 0 Å². The number of amides is 1. The number of methoxy groups -OCH3 is 1. The number of nitrogens with one attached hydrogen (secondary N) is 1. The Morgan fingerprint density at radius 3 is 2.55 bits per heavy atom. The summed E-state index contributed by atoms with van der Waals surface area (Å²) in [6.45, 7) is 0. The number of benzene rings is 2.